The molecule has 6 nitrogen and oxygen atoms in total. The van der Waals surface area contributed by atoms with Crippen LogP contribution in [0.25, 0.3) is 0 Å². The van der Waals surface area contributed by atoms with E-state index in [9.17, 15) is 4.79 Å². The molecule has 0 saturated carbocycles. The summed E-state index contributed by atoms with van der Waals surface area (Å²) in [7, 11) is 0. The fraction of sp³-hybridized carbons (Fsp3) is 0.167. The first-order chi connectivity index (χ1) is 8.70. The van der Waals surface area contributed by atoms with Crippen LogP contribution >= 0.6 is 0 Å². The third kappa shape index (κ3) is 2.67. The van der Waals surface area contributed by atoms with E-state index in [0.29, 0.717) is 12.3 Å². The summed E-state index contributed by atoms with van der Waals surface area (Å²) in [6.45, 7) is 0.600. The van der Waals surface area contributed by atoms with Crippen molar-refractivity contribution in [3.8, 4) is 11.6 Å². The molecule has 0 bridgehead atoms. The maximum absolute atomic E-state index is 11.3. The fourth-order valence-corrected chi connectivity index (χ4v) is 1.48. The minimum absolute atomic E-state index is 0.0384. The molecule has 2 aromatic rings. The van der Waals surface area contributed by atoms with Crippen molar-refractivity contribution >= 4 is 5.69 Å². The molecule has 0 aliphatic rings. The number of nitrogens with two attached hydrogens (primary N) is 2. The molecular weight excluding hydrogens is 232 g/mol. The van der Waals surface area contributed by atoms with Gasteiger partial charge in [0.25, 0.3) is 5.56 Å². The molecule has 0 amide bonds. The molecule has 0 spiro atoms. The molecule has 0 unspecified atom stereocenters. The normalized spacial score (nSPS) is 10.3. The van der Waals surface area contributed by atoms with E-state index >= 15 is 0 Å². The highest BCUT2D eigenvalue weighted by Crippen LogP contribution is 2.22. The molecule has 2 rings (SSSR count). The Morgan fingerprint density at radius 3 is 2.67 bits per heavy atom. The average molecular weight is 246 g/mol. The number of aromatic amines is 1. The number of rotatable bonds is 4. The van der Waals surface area contributed by atoms with Gasteiger partial charge in [-0.1, -0.05) is 12.1 Å². The second kappa shape index (κ2) is 5.33. The van der Waals surface area contributed by atoms with Crippen molar-refractivity contribution in [2.75, 3.05) is 12.3 Å². The lowest BCUT2D eigenvalue weighted by Gasteiger charge is -2.06. The van der Waals surface area contributed by atoms with E-state index in [4.69, 9.17) is 16.2 Å². The summed E-state index contributed by atoms with van der Waals surface area (Å²) in [5, 5.41) is 0. The van der Waals surface area contributed by atoms with Crippen molar-refractivity contribution in [3.05, 3.63) is 46.5 Å². The van der Waals surface area contributed by atoms with Gasteiger partial charge in [-0.2, -0.15) is 0 Å². The molecule has 6 heteroatoms. The van der Waals surface area contributed by atoms with Gasteiger partial charge in [0.1, 0.15) is 5.75 Å². The van der Waals surface area contributed by atoms with Crippen LogP contribution in [0.5, 0.6) is 11.6 Å². The zero-order chi connectivity index (χ0) is 13.0. The van der Waals surface area contributed by atoms with Gasteiger partial charge in [-0.3, -0.25) is 4.79 Å². The van der Waals surface area contributed by atoms with E-state index in [1.807, 2.05) is 12.1 Å². The maximum atomic E-state index is 11.3. The highest BCUT2D eigenvalue weighted by Gasteiger charge is 2.06. The van der Waals surface area contributed by atoms with Crippen LogP contribution in [-0.4, -0.2) is 16.5 Å². The van der Waals surface area contributed by atoms with Gasteiger partial charge in [0.05, 0.1) is 6.33 Å². The second-order valence-corrected chi connectivity index (χ2v) is 3.74. The molecule has 0 atom stereocenters. The van der Waals surface area contributed by atoms with Crippen LogP contribution in [0, 0.1) is 0 Å². The van der Waals surface area contributed by atoms with Gasteiger partial charge in [-0.15, -0.1) is 0 Å². The lowest BCUT2D eigenvalue weighted by molar-refractivity contribution is 0.463. The Morgan fingerprint density at radius 1 is 1.28 bits per heavy atom. The molecule has 94 valence electrons. The van der Waals surface area contributed by atoms with E-state index in [0.717, 1.165) is 12.0 Å². The first kappa shape index (κ1) is 12.1. The molecule has 0 aliphatic heterocycles. The van der Waals surface area contributed by atoms with Gasteiger partial charge < -0.3 is 21.2 Å². The Bertz CT molecular complexity index is 577. The molecule has 5 N–H and O–H groups in total. The Morgan fingerprint density at radius 2 is 2.00 bits per heavy atom. The highest BCUT2D eigenvalue weighted by atomic mass is 16.5. The molecule has 0 fully saturated rings. The van der Waals surface area contributed by atoms with E-state index in [2.05, 4.69) is 9.97 Å². The molecule has 0 radical (unpaired) electrons. The third-order valence-electron chi connectivity index (χ3n) is 2.42. The number of hydrogen-bond acceptors (Lipinski definition) is 5. The van der Waals surface area contributed by atoms with Crippen LogP contribution in [0.1, 0.15) is 5.56 Å². The number of anilines is 1. The van der Waals surface area contributed by atoms with Gasteiger partial charge in [0, 0.05) is 0 Å². The summed E-state index contributed by atoms with van der Waals surface area (Å²) in [4.78, 5) is 17.5. The fourth-order valence-electron chi connectivity index (χ4n) is 1.48. The van der Waals surface area contributed by atoms with Crippen molar-refractivity contribution in [1.82, 2.24) is 9.97 Å². The van der Waals surface area contributed by atoms with Crippen molar-refractivity contribution in [2.45, 2.75) is 6.42 Å². The molecule has 1 heterocycles. The standard InChI is InChI=1S/C12H14N4O2/c13-6-5-8-1-3-9(4-2-8)18-12-10(14)11(17)15-7-16-12/h1-4,7H,5-6,13-14H2,(H,15,16,17). The van der Waals surface area contributed by atoms with Gasteiger partial charge in [-0.25, -0.2) is 4.98 Å². The Balaban J connectivity index is 2.18. The Hall–Kier alpha value is -2.34. The van der Waals surface area contributed by atoms with Crippen molar-refractivity contribution in [2.24, 2.45) is 5.73 Å². The number of nitrogen functional groups attached to an aromatic ring is 1. The second-order valence-electron chi connectivity index (χ2n) is 3.74. The summed E-state index contributed by atoms with van der Waals surface area (Å²) < 4.78 is 5.44. The van der Waals surface area contributed by atoms with Crippen molar-refractivity contribution in [1.29, 1.82) is 0 Å². The topological polar surface area (TPSA) is 107 Å². The quantitative estimate of drug-likeness (QED) is 0.734. The largest absolute Gasteiger partial charge is 0.437 e. The van der Waals surface area contributed by atoms with Crippen molar-refractivity contribution in [3.63, 3.8) is 0 Å². The number of nitrogens with one attached hydrogen (secondary N) is 1. The Kier molecular flexibility index (Phi) is 3.59. The lowest BCUT2D eigenvalue weighted by Crippen LogP contribution is -2.13. The zero-order valence-electron chi connectivity index (χ0n) is 9.72. The average Bonchev–Trinajstić information content (AvgIpc) is 2.38. The monoisotopic (exact) mass is 246 g/mol. The van der Waals surface area contributed by atoms with Crippen LogP contribution in [0.4, 0.5) is 5.69 Å². The predicted molar refractivity (Wildman–Crippen MR) is 68.5 cm³/mol. The van der Waals surface area contributed by atoms with Crippen molar-refractivity contribution < 1.29 is 4.74 Å². The van der Waals surface area contributed by atoms with Crippen LogP contribution < -0.4 is 21.8 Å². The summed E-state index contributed by atoms with van der Waals surface area (Å²) in [5.41, 5.74) is 11.7. The lowest BCUT2D eigenvalue weighted by atomic mass is 10.1. The van der Waals surface area contributed by atoms with Gasteiger partial charge in [-0.05, 0) is 30.7 Å². The van der Waals surface area contributed by atoms with Crippen LogP contribution in [0.3, 0.4) is 0 Å². The molecule has 1 aromatic carbocycles. The number of nitrogens with zero attached hydrogens (tertiary/aromatic N) is 1. The predicted octanol–water partition coefficient (Wildman–Crippen LogP) is 0.646. The SMILES string of the molecule is NCCc1ccc(Oc2nc[nH]c(=O)c2N)cc1. The molecule has 1 aromatic heterocycles. The summed E-state index contributed by atoms with van der Waals surface area (Å²) in [5.74, 6) is 0.672. The first-order valence-corrected chi connectivity index (χ1v) is 5.50. The first-order valence-electron chi connectivity index (χ1n) is 5.50. The van der Waals surface area contributed by atoms with Gasteiger partial charge in [0.15, 0.2) is 5.69 Å². The number of hydrogen-bond donors (Lipinski definition) is 3. The summed E-state index contributed by atoms with van der Waals surface area (Å²) >= 11 is 0. The van der Waals surface area contributed by atoms with E-state index in [1.54, 1.807) is 12.1 Å². The van der Waals surface area contributed by atoms with E-state index in [1.165, 1.54) is 6.33 Å². The van der Waals surface area contributed by atoms with E-state index < -0.39 is 5.56 Å². The van der Waals surface area contributed by atoms with E-state index in [-0.39, 0.29) is 11.6 Å². The number of H-pyrrole nitrogens is 1. The minimum Gasteiger partial charge on any atom is -0.437 e. The van der Waals surface area contributed by atoms with Crippen LogP contribution in [0.2, 0.25) is 0 Å². The Labute approximate surface area is 104 Å². The molecular formula is C12H14N4O2. The van der Waals surface area contributed by atoms with Gasteiger partial charge in [0.2, 0.25) is 5.88 Å². The number of benzene rings is 1. The number of aromatic nitrogens is 2. The van der Waals surface area contributed by atoms with Crippen LogP contribution in [0.15, 0.2) is 35.4 Å². The number of ether oxygens (including phenoxy) is 1. The molecule has 18 heavy (non-hydrogen) atoms. The summed E-state index contributed by atoms with van der Waals surface area (Å²) in [6.07, 6.45) is 2.06. The minimum atomic E-state index is -0.417. The molecule has 0 aliphatic carbocycles. The third-order valence-corrected chi connectivity index (χ3v) is 2.42. The zero-order valence-corrected chi connectivity index (χ0v) is 9.72. The summed E-state index contributed by atoms with van der Waals surface area (Å²) in [6, 6.07) is 7.39. The molecule has 0 saturated heterocycles. The van der Waals surface area contributed by atoms with Gasteiger partial charge >= 0.3 is 0 Å². The van der Waals surface area contributed by atoms with Crippen LogP contribution in [-0.2, 0) is 6.42 Å². The smallest absolute Gasteiger partial charge is 0.277 e. The highest BCUT2D eigenvalue weighted by molar-refractivity contribution is 5.47. The maximum Gasteiger partial charge on any atom is 0.277 e.